The fourth-order valence-corrected chi connectivity index (χ4v) is 2.10. The van der Waals surface area contributed by atoms with E-state index >= 15 is 0 Å². The van der Waals surface area contributed by atoms with Gasteiger partial charge in [0.15, 0.2) is 0 Å². The Morgan fingerprint density at radius 3 is 2.32 bits per heavy atom. The Hall–Kier alpha value is -1.06. The molecule has 1 aromatic carbocycles. The standard InChI is InChI=1S/C15H22ClNO2/c1-4-11(5-2)14(18)17-10-15(3,19)12-6-8-13(16)9-7-12/h6-9,11,19H,4-5,10H2,1-3H3,(H,17,18). The van der Waals surface area contributed by atoms with Crippen LogP contribution in [0.3, 0.4) is 0 Å². The van der Waals surface area contributed by atoms with E-state index in [9.17, 15) is 9.90 Å². The van der Waals surface area contributed by atoms with Gasteiger partial charge < -0.3 is 10.4 Å². The number of carbonyl (C=O) groups is 1. The first-order valence-corrected chi connectivity index (χ1v) is 7.04. The summed E-state index contributed by atoms with van der Waals surface area (Å²) in [4.78, 5) is 11.9. The number of rotatable bonds is 6. The second-order valence-electron chi connectivity index (χ2n) is 5.01. The van der Waals surface area contributed by atoms with Gasteiger partial charge in [-0.2, -0.15) is 0 Å². The van der Waals surface area contributed by atoms with E-state index in [2.05, 4.69) is 5.32 Å². The quantitative estimate of drug-likeness (QED) is 0.843. The predicted molar refractivity (Wildman–Crippen MR) is 78.1 cm³/mol. The molecule has 2 N–H and O–H groups in total. The molecule has 19 heavy (non-hydrogen) atoms. The molecule has 0 saturated heterocycles. The minimum absolute atomic E-state index is 0.000705. The fraction of sp³-hybridized carbons (Fsp3) is 0.533. The summed E-state index contributed by atoms with van der Waals surface area (Å²) in [6.45, 7) is 5.86. The van der Waals surface area contributed by atoms with Crippen molar-refractivity contribution in [3.63, 3.8) is 0 Å². The number of carbonyl (C=O) groups excluding carboxylic acids is 1. The van der Waals surface area contributed by atoms with Crippen molar-refractivity contribution in [1.82, 2.24) is 5.32 Å². The molecule has 0 radical (unpaired) electrons. The predicted octanol–water partition coefficient (Wildman–Crippen LogP) is 3.10. The molecular weight excluding hydrogens is 262 g/mol. The van der Waals surface area contributed by atoms with Crippen LogP contribution in [-0.4, -0.2) is 17.6 Å². The van der Waals surface area contributed by atoms with Gasteiger partial charge in [0.1, 0.15) is 5.60 Å². The summed E-state index contributed by atoms with van der Waals surface area (Å²) >= 11 is 5.82. The Bertz CT molecular complexity index is 411. The second kappa shape index (κ2) is 6.92. The van der Waals surface area contributed by atoms with Gasteiger partial charge in [-0.15, -0.1) is 0 Å². The molecule has 1 aromatic rings. The van der Waals surface area contributed by atoms with E-state index in [4.69, 9.17) is 11.6 Å². The Balaban J connectivity index is 2.65. The van der Waals surface area contributed by atoms with Crippen LogP contribution in [0.2, 0.25) is 5.02 Å². The zero-order valence-electron chi connectivity index (χ0n) is 11.7. The highest BCUT2D eigenvalue weighted by Crippen LogP contribution is 2.22. The number of hydrogen-bond acceptors (Lipinski definition) is 2. The molecule has 0 aliphatic carbocycles. The molecule has 1 rings (SSSR count). The third-order valence-corrected chi connectivity index (χ3v) is 3.68. The topological polar surface area (TPSA) is 49.3 Å². The normalized spacial score (nSPS) is 14.2. The maximum Gasteiger partial charge on any atom is 0.223 e. The molecule has 0 aliphatic rings. The lowest BCUT2D eigenvalue weighted by Crippen LogP contribution is -2.41. The number of amides is 1. The van der Waals surface area contributed by atoms with E-state index in [0.29, 0.717) is 5.02 Å². The molecule has 1 unspecified atom stereocenters. The third-order valence-electron chi connectivity index (χ3n) is 3.43. The summed E-state index contributed by atoms with van der Waals surface area (Å²) in [6, 6.07) is 7.00. The maximum absolute atomic E-state index is 11.9. The van der Waals surface area contributed by atoms with Gasteiger partial charge >= 0.3 is 0 Å². The van der Waals surface area contributed by atoms with E-state index in [-0.39, 0.29) is 18.4 Å². The Labute approximate surface area is 120 Å². The van der Waals surface area contributed by atoms with Gasteiger partial charge in [-0.1, -0.05) is 37.6 Å². The van der Waals surface area contributed by atoms with Crippen LogP contribution >= 0.6 is 11.6 Å². The molecule has 0 aromatic heterocycles. The highest BCUT2D eigenvalue weighted by atomic mass is 35.5. The average molecular weight is 284 g/mol. The van der Waals surface area contributed by atoms with Crippen LogP contribution in [0.4, 0.5) is 0 Å². The smallest absolute Gasteiger partial charge is 0.223 e. The van der Waals surface area contributed by atoms with E-state index in [1.807, 2.05) is 13.8 Å². The first-order chi connectivity index (χ1) is 8.90. The minimum atomic E-state index is -1.09. The van der Waals surface area contributed by atoms with Crippen molar-refractivity contribution in [3.05, 3.63) is 34.9 Å². The molecule has 0 spiro atoms. The van der Waals surface area contributed by atoms with Crippen molar-refractivity contribution < 1.29 is 9.90 Å². The average Bonchev–Trinajstić information content (AvgIpc) is 2.38. The Kier molecular flexibility index (Phi) is 5.83. The molecule has 1 amide bonds. The van der Waals surface area contributed by atoms with Gasteiger partial charge in [0.2, 0.25) is 5.91 Å². The molecule has 1 atom stereocenters. The van der Waals surface area contributed by atoms with Crippen molar-refractivity contribution in [2.75, 3.05) is 6.54 Å². The first kappa shape index (κ1) is 16.0. The summed E-state index contributed by atoms with van der Waals surface area (Å²) in [5.41, 5.74) is -0.353. The zero-order chi connectivity index (χ0) is 14.5. The minimum Gasteiger partial charge on any atom is -0.384 e. The van der Waals surface area contributed by atoms with Crippen LogP contribution in [0, 0.1) is 5.92 Å². The summed E-state index contributed by atoms with van der Waals surface area (Å²) in [6.07, 6.45) is 1.62. The van der Waals surface area contributed by atoms with Crippen molar-refractivity contribution >= 4 is 17.5 Å². The molecule has 0 saturated carbocycles. The lowest BCUT2D eigenvalue weighted by molar-refractivity contribution is -0.126. The molecule has 3 nitrogen and oxygen atoms in total. The van der Waals surface area contributed by atoms with Crippen LogP contribution in [0.1, 0.15) is 39.2 Å². The second-order valence-corrected chi connectivity index (χ2v) is 5.45. The number of hydrogen-bond donors (Lipinski definition) is 2. The summed E-state index contributed by atoms with van der Waals surface area (Å²) in [5, 5.41) is 13.8. The lowest BCUT2D eigenvalue weighted by Gasteiger charge is -2.25. The molecular formula is C15H22ClNO2. The number of aliphatic hydroxyl groups is 1. The summed E-state index contributed by atoms with van der Waals surface area (Å²) in [5.74, 6) is 0.0141. The van der Waals surface area contributed by atoms with Crippen LogP contribution in [0.25, 0.3) is 0 Å². The SMILES string of the molecule is CCC(CC)C(=O)NCC(C)(O)c1ccc(Cl)cc1. The molecule has 0 heterocycles. The number of halogens is 1. The van der Waals surface area contributed by atoms with E-state index in [0.717, 1.165) is 18.4 Å². The molecule has 0 bridgehead atoms. The highest BCUT2D eigenvalue weighted by molar-refractivity contribution is 6.30. The van der Waals surface area contributed by atoms with Gasteiger partial charge in [-0.25, -0.2) is 0 Å². The van der Waals surface area contributed by atoms with Crippen LogP contribution in [0.5, 0.6) is 0 Å². The summed E-state index contributed by atoms with van der Waals surface area (Å²) in [7, 11) is 0. The lowest BCUT2D eigenvalue weighted by atomic mass is 9.95. The van der Waals surface area contributed by atoms with Crippen molar-refractivity contribution in [1.29, 1.82) is 0 Å². The zero-order valence-corrected chi connectivity index (χ0v) is 12.5. The van der Waals surface area contributed by atoms with Gasteiger partial charge in [0.25, 0.3) is 0 Å². The van der Waals surface area contributed by atoms with Crippen LogP contribution < -0.4 is 5.32 Å². The van der Waals surface area contributed by atoms with Crippen molar-refractivity contribution in [2.45, 2.75) is 39.2 Å². The van der Waals surface area contributed by atoms with Crippen LogP contribution in [0.15, 0.2) is 24.3 Å². The Morgan fingerprint density at radius 2 is 1.84 bits per heavy atom. The van der Waals surface area contributed by atoms with E-state index < -0.39 is 5.60 Å². The fourth-order valence-electron chi connectivity index (χ4n) is 1.97. The number of benzene rings is 1. The molecule has 106 valence electrons. The molecule has 4 heteroatoms. The largest absolute Gasteiger partial charge is 0.384 e. The molecule has 0 fully saturated rings. The van der Waals surface area contributed by atoms with E-state index in [1.165, 1.54) is 0 Å². The maximum atomic E-state index is 11.9. The van der Waals surface area contributed by atoms with Gasteiger partial charge in [-0.3, -0.25) is 4.79 Å². The first-order valence-electron chi connectivity index (χ1n) is 6.66. The number of nitrogens with one attached hydrogen (secondary N) is 1. The monoisotopic (exact) mass is 283 g/mol. The third kappa shape index (κ3) is 4.51. The van der Waals surface area contributed by atoms with Crippen molar-refractivity contribution in [2.24, 2.45) is 5.92 Å². The van der Waals surface area contributed by atoms with E-state index in [1.54, 1.807) is 31.2 Å². The van der Waals surface area contributed by atoms with Gasteiger partial charge in [0, 0.05) is 10.9 Å². The van der Waals surface area contributed by atoms with Crippen molar-refractivity contribution in [3.8, 4) is 0 Å². The molecule has 0 aliphatic heterocycles. The van der Waals surface area contributed by atoms with Gasteiger partial charge in [-0.05, 0) is 37.5 Å². The van der Waals surface area contributed by atoms with Crippen LogP contribution in [-0.2, 0) is 10.4 Å². The van der Waals surface area contributed by atoms with Gasteiger partial charge in [0.05, 0.1) is 6.54 Å². The highest BCUT2D eigenvalue weighted by Gasteiger charge is 2.25. The Morgan fingerprint density at radius 1 is 1.32 bits per heavy atom. The summed E-state index contributed by atoms with van der Waals surface area (Å²) < 4.78 is 0.